The van der Waals surface area contributed by atoms with Crippen LogP contribution in [0.15, 0.2) is 35.8 Å². The molecule has 106 valence electrons. The Labute approximate surface area is 121 Å². The molecule has 2 amide bonds. The molecule has 2 rings (SSSR count). The van der Waals surface area contributed by atoms with Crippen LogP contribution in [0.2, 0.25) is 0 Å². The van der Waals surface area contributed by atoms with Gasteiger partial charge in [-0.3, -0.25) is 0 Å². The van der Waals surface area contributed by atoms with E-state index in [0.717, 1.165) is 10.6 Å². The zero-order chi connectivity index (χ0) is 14.5. The quantitative estimate of drug-likeness (QED) is 0.810. The molecular weight excluding hydrogens is 274 g/mol. The summed E-state index contributed by atoms with van der Waals surface area (Å²) in [5.41, 5.74) is 1.41. The molecule has 6 heteroatoms. The highest BCUT2D eigenvalue weighted by molar-refractivity contribution is 7.09. The Morgan fingerprint density at radius 2 is 2.20 bits per heavy atom. The zero-order valence-corrected chi connectivity index (χ0v) is 12.1. The number of nitrogens with zero attached hydrogens (tertiary/aromatic N) is 1. The molecule has 2 unspecified atom stereocenters. The summed E-state index contributed by atoms with van der Waals surface area (Å²) in [6.45, 7) is 3.56. The summed E-state index contributed by atoms with van der Waals surface area (Å²) < 4.78 is 0. The Kier molecular flexibility index (Phi) is 4.70. The summed E-state index contributed by atoms with van der Waals surface area (Å²) in [5, 5.41) is 17.8. The fourth-order valence-electron chi connectivity index (χ4n) is 1.75. The van der Waals surface area contributed by atoms with Gasteiger partial charge in [0.15, 0.2) is 0 Å². The van der Waals surface area contributed by atoms with Crippen molar-refractivity contribution in [2.24, 2.45) is 0 Å². The van der Waals surface area contributed by atoms with E-state index in [1.165, 1.54) is 11.3 Å². The van der Waals surface area contributed by atoms with Crippen LogP contribution in [0, 0.1) is 0 Å². The topological polar surface area (TPSA) is 74.2 Å². The maximum atomic E-state index is 11.9. The number of rotatable bonds is 4. The molecule has 5 nitrogen and oxygen atoms in total. The third-order valence-corrected chi connectivity index (χ3v) is 3.75. The summed E-state index contributed by atoms with van der Waals surface area (Å²) in [4.78, 5) is 16.0. The van der Waals surface area contributed by atoms with Gasteiger partial charge in [-0.05, 0) is 31.5 Å². The molecule has 0 saturated heterocycles. The number of hydrogen-bond donors (Lipinski definition) is 3. The van der Waals surface area contributed by atoms with E-state index in [0.29, 0.717) is 5.69 Å². The number of carbonyl (C=O) groups excluding carboxylic acids is 1. The first-order valence-electron chi connectivity index (χ1n) is 6.31. The highest BCUT2D eigenvalue weighted by Gasteiger charge is 2.12. The standard InChI is InChI=1S/C14H17N3O2S/c1-9(13-15-6-7-20-13)16-14(19)17-12-5-3-4-11(8-12)10(2)18/h3-10,18H,1-2H3,(H2,16,17,19). The Morgan fingerprint density at radius 3 is 2.85 bits per heavy atom. The first-order valence-corrected chi connectivity index (χ1v) is 7.19. The Bertz CT molecular complexity index is 570. The molecule has 0 aliphatic rings. The van der Waals surface area contributed by atoms with Crippen LogP contribution in [0.1, 0.15) is 36.6 Å². The highest BCUT2D eigenvalue weighted by atomic mass is 32.1. The summed E-state index contributed by atoms with van der Waals surface area (Å²) in [7, 11) is 0. The van der Waals surface area contributed by atoms with E-state index in [2.05, 4.69) is 15.6 Å². The average molecular weight is 291 g/mol. The van der Waals surface area contributed by atoms with Gasteiger partial charge in [-0.15, -0.1) is 11.3 Å². The van der Waals surface area contributed by atoms with Crippen molar-refractivity contribution in [1.82, 2.24) is 10.3 Å². The second kappa shape index (κ2) is 6.49. The number of benzene rings is 1. The lowest BCUT2D eigenvalue weighted by molar-refractivity contribution is 0.199. The van der Waals surface area contributed by atoms with E-state index >= 15 is 0 Å². The first-order chi connectivity index (χ1) is 9.56. The van der Waals surface area contributed by atoms with Crippen molar-refractivity contribution in [2.45, 2.75) is 26.0 Å². The third kappa shape index (κ3) is 3.79. The number of amides is 2. The van der Waals surface area contributed by atoms with Gasteiger partial charge < -0.3 is 15.7 Å². The van der Waals surface area contributed by atoms with Gasteiger partial charge in [0.25, 0.3) is 0 Å². The maximum absolute atomic E-state index is 11.9. The number of hydrogen-bond acceptors (Lipinski definition) is 4. The molecule has 0 radical (unpaired) electrons. The molecule has 0 aliphatic heterocycles. The average Bonchev–Trinajstić information content (AvgIpc) is 2.92. The van der Waals surface area contributed by atoms with Crippen LogP contribution in [0.4, 0.5) is 10.5 Å². The minimum absolute atomic E-state index is 0.144. The molecule has 0 aliphatic carbocycles. The summed E-state index contributed by atoms with van der Waals surface area (Å²) in [6, 6.07) is 6.69. The van der Waals surface area contributed by atoms with Crippen molar-refractivity contribution in [3.8, 4) is 0 Å². The minimum atomic E-state index is -0.561. The van der Waals surface area contributed by atoms with Gasteiger partial charge in [0, 0.05) is 17.3 Å². The minimum Gasteiger partial charge on any atom is -0.389 e. The van der Waals surface area contributed by atoms with E-state index in [4.69, 9.17) is 0 Å². The molecule has 1 aromatic heterocycles. The third-order valence-electron chi connectivity index (χ3n) is 2.80. The highest BCUT2D eigenvalue weighted by Crippen LogP contribution is 2.18. The number of thiazole rings is 1. The predicted molar refractivity (Wildman–Crippen MR) is 79.8 cm³/mol. The smallest absolute Gasteiger partial charge is 0.319 e. The number of anilines is 1. The van der Waals surface area contributed by atoms with Gasteiger partial charge in [0.1, 0.15) is 5.01 Å². The Hall–Kier alpha value is -1.92. The summed E-state index contributed by atoms with van der Waals surface area (Å²) in [6.07, 6.45) is 1.15. The van der Waals surface area contributed by atoms with Crippen LogP contribution in [0.25, 0.3) is 0 Å². The zero-order valence-electron chi connectivity index (χ0n) is 11.3. The molecule has 1 heterocycles. The lowest BCUT2D eigenvalue weighted by Crippen LogP contribution is -2.31. The maximum Gasteiger partial charge on any atom is 0.319 e. The summed E-state index contributed by atoms with van der Waals surface area (Å²) >= 11 is 1.50. The van der Waals surface area contributed by atoms with Crippen molar-refractivity contribution >= 4 is 23.1 Å². The van der Waals surface area contributed by atoms with Gasteiger partial charge in [0.05, 0.1) is 12.1 Å². The Balaban J connectivity index is 1.96. The number of aliphatic hydroxyl groups excluding tert-OH is 1. The Morgan fingerprint density at radius 1 is 1.40 bits per heavy atom. The molecule has 0 saturated carbocycles. The van der Waals surface area contributed by atoms with E-state index in [1.54, 1.807) is 31.3 Å². The fraction of sp³-hybridized carbons (Fsp3) is 0.286. The number of urea groups is 1. The number of carbonyl (C=O) groups is 1. The van der Waals surface area contributed by atoms with Crippen molar-refractivity contribution in [1.29, 1.82) is 0 Å². The van der Waals surface area contributed by atoms with Crippen LogP contribution in [0.3, 0.4) is 0 Å². The fourth-order valence-corrected chi connectivity index (χ4v) is 2.40. The number of aromatic nitrogens is 1. The van der Waals surface area contributed by atoms with Crippen molar-refractivity contribution < 1.29 is 9.90 Å². The largest absolute Gasteiger partial charge is 0.389 e. The van der Waals surface area contributed by atoms with E-state index in [-0.39, 0.29) is 12.1 Å². The van der Waals surface area contributed by atoms with Gasteiger partial charge in [0.2, 0.25) is 0 Å². The van der Waals surface area contributed by atoms with Crippen molar-refractivity contribution in [2.75, 3.05) is 5.32 Å². The van der Waals surface area contributed by atoms with Gasteiger partial charge in [-0.2, -0.15) is 0 Å². The second-order valence-electron chi connectivity index (χ2n) is 4.49. The molecule has 2 atom stereocenters. The molecule has 0 fully saturated rings. The van der Waals surface area contributed by atoms with E-state index in [9.17, 15) is 9.90 Å². The normalized spacial score (nSPS) is 13.6. The van der Waals surface area contributed by atoms with Crippen LogP contribution in [-0.4, -0.2) is 16.1 Å². The lowest BCUT2D eigenvalue weighted by Gasteiger charge is -2.13. The number of aliphatic hydroxyl groups is 1. The van der Waals surface area contributed by atoms with E-state index in [1.807, 2.05) is 18.4 Å². The monoisotopic (exact) mass is 291 g/mol. The first kappa shape index (κ1) is 14.5. The van der Waals surface area contributed by atoms with Crippen LogP contribution in [-0.2, 0) is 0 Å². The van der Waals surface area contributed by atoms with Gasteiger partial charge in [-0.1, -0.05) is 12.1 Å². The molecule has 20 heavy (non-hydrogen) atoms. The van der Waals surface area contributed by atoms with Crippen LogP contribution >= 0.6 is 11.3 Å². The molecule has 2 aromatic rings. The lowest BCUT2D eigenvalue weighted by atomic mass is 10.1. The molecular formula is C14H17N3O2S. The van der Waals surface area contributed by atoms with Crippen LogP contribution in [0.5, 0.6) is 0 Å². The second-order valence-corrected chi connectivity index (χ2v) is 5.42. The molecule has 0 bridgehead atoms. The summed E-state index contributed by atoms with van der Waals surface area (Å²) in [5.74, 6) is 0. The predicted octanol–water partition coefficient (Wildman–Crippen LogP) is 3.08. The molecule has 3 N–H and O–H groups in total. The molecule has 0 spiro atoms. The van der Waals surface area contributed by atoms with Crippen molar-refractivity contribution in [3.63, 3.8) is 0 Å². The molecule has 1 aromatic carbocycles. The van der Waals surface area contributed by atoms with Gasteiger partial charge >= 0.3 is 6.03 Å². The number of nitrogens with one attached hydrogen (secondary N) is 2. The van der Waals surface area contributed by atoms with Gasteiger partial charge in [-0.25, -0.2) is 9.78 Å². The van der Waals surface area contributed by atoms with Crippen LogP contribution < -0.4 is 10.6 Å². The van der Waals surface area contributed by atoms with Crippen molar-refractivity contribution in [3.05, 3.63) is 46.4 Å². The van der Waals surface area contributed by atoms with E-state index < -0.39 is 6.10 Å². The SMILES string of the molecule is CC(O)c1cccc(NC(=O)NC(C)c2nccs2)c1.